The second kappa shape index (κ2) is 10.9. The quantitative estimate of drug-likeness (QED) is 0.494. The Hall–Kier alpha value is -0.781. The topological polar surface area (TPSA) is 0 Å². The van der Waals surface area contributed by atoms with E-state index in [0.29, 0.717) is 0 Å². The van der Waals surface area contributed by atoms with Crippen molar-refractivity contribution in [2.45, 2.75) is 66.7 Å². The number of rotatable bonds is 5. The zero-order valence-electron chi connectivity index (χ0n) is 14.3. The summed E-state index contributed by atoms with van der Waals surface area (Å²) in [7, 11) is 0. The Bertz CT molecular complexity index is 448. The van der Waals surface area contributed by atoms with Gasteiger partial charge in [-0.3, -0.25) is 0 Å². The molecule has 0 unspecified atom stereocenters. The molecule has 0 saturated heterocycles. The van der Waals surface area contributed by atoms with Crippen LogP contribution in [-0.4, -0.2) is 0 Å². The summed E-state index contributed by atoms with van der Waals surface area (Å²) in [6.07, 6.45) is 5.87. The second-order valence-corrected chi connectivity index (χ2v) is 5.31. The Kier molecular flexibility index (Phi) is 10.5. The van der Waals surface area contributed by atoms with Gasteiger partial charge in [-0.1, -0.05) is 47.5 Å². The van der Waals surface area contributed by atoms with Gasteiger partial charge in [-0.05, 0) is 0 Å². The molecule has 21 heavy (non-hydrogen) atoms. The van der Waals surface area contributed by atoms with Gasteiger partial charge in [-0.15, -0.1) is 0 Å². The first-order valence-electron chi connectivity index (χ1n) is 8.20. The van der Waals surface area contributed by atoms with Crippen molar-refractivity contribution in [3.05, 3.63) is 58.1 Å². The second-order valence-electron chi connectivity index (χ2n) is 5.31. The molecular formula is C20H30Fe-6. The zero-order valence-corrected chi connectivity index (χ0v) is 15.4. The van der Waals surface area contributed by atoms with Gasteiger partial charge in [0, 0.05) is 17.1 Å². The molecule has 0 saturated carbocycles. The minimum atomic E-state index is 0. The van der Waals surface area contributed by atoms with Crippen molar-refractivity contribution in [2.24, 2.45) is 0 Å². The molecule has 0 aliphatic heterocycles. The van der Waals surface area contributed by atoms with Gasteiger partial charge < -0.3 is 28.8 Å². The Morgan fingerprint density at radius 2 is 1.43 bits per heavy atom. The number of hydrogen-bond donors (Lipinski definition) is 0. The average Bonchev–Trinajstić information content (AvgIpc) is 3.13. The van der Waals surface area contributed by atoms with Gasteiger partial charge in [0.2, 0.25) is 0 Å². The van der Waals surface area contributed by atoms with Crippen LogP contribution in [0, 0.1) is 0 Å². The minimum Gasteiger partial charge on any atom is -0.743 e. The summed E-state index contributed by atoms with van der Waals surface area (Å²) in [4.78, 5) is 0. The van der Waals surface area contributed by atoms with Crippen LogP contribution in [0.25, 0.3) is 0 Å². The minimum absolute atomic E-state index is 0. The average molecular weight is 326 g/mol. The molecule has 0 aliphatic rings. The van der Waals surface area contributed by atoms with Crippen molar-refractivity contribution in [3.63, 3.8) is 0 Å². The molecule has 0 atom stereocenters. The maximum Gasteiger partial charge on any atom is 0 e. The van der Waals surface area contributed by atoms with Gasteiger partial charge in [0.25, 0.3) is 0 Å². The molecule has 0 aromatic heterocycles. The Morgan fingerprint density at radius 3 is 1.71 bits per heavy atom. The third-order valence-corrected chi connectivity index (χ3v) is 4.00. The predicted octanol–water partition coefficient (Wildman–Crippen LogP) is 5.62. The fourth-order valence-electron chi connectivity index (χ4n) is 2.53. The van der Waals surface area contributed by atoms with E-state index in [1.807, 2.05) is 0 Å². The normalized spacial score (nSPS) is 9.76. The Labute approximate surface area is 142 Å². The molecule has 0 aliphatic carbocycles. The molecule has 0 heterocycles. The molecule has 1 heteroatoms. The number of hydrogen-bond acceptors (Lipinski definition) is 0. The van der Waals surface area contributed by atoms with Crippen LogP contribution >= 0.6 is 0 Å². The van der Waals surface area contributed by atoms with E-state index in [0.717, 1.165) is 0 Å². The fourth-order valence-corrected chi connectivity index (χ4v) is 2.53. The van der Waals surface area contributed by atoms with Crippen molar-refractivity contribution >= 4 is 0 Å². The molecule has 0 spiro atoms. The van der Waals surface area contributed by atoms with Crippen molar-refractivity contribution < 1.29 is 17.1 Å². The summed E-state index contributed by atoms with van der Waals surface area (Å²) >= 11 is 0. The molecule has 0 amide bonds. The fraction of sp³-hybridized carbons (Fsp3) is 0.500. The first kappa shape index (κ1) is 20.2. The van der Waals surface area contributed by atoms with E-state index in [1.165, 1.54) is 48.8 Å². The van der Waals surface area contributed by atoms with Crippen LogP contribution in [0.5, 0.6) is 0 Å². The monoisotopic (exact) mass is 326 g/mol. The van der Waals surface area contributed by atoms with E-state index in [9.17, 15) is 0 Å². The molecule has 0 nitrogen and oxygen atoms in total. The molecule has 124 valence electrons. The predicted molar refractivity (Wildman–Crippen MR) is 91.0 cm³/mol. The van der Waals surface area contributed by atoms with E-state index in [4.69, 9.17) is 0 Å². The SMILES string of the molecule is CC[c-]1[cH-][c-](CC)[c-](CC)[cH-]1.CCc1cc[c-](CC)c1.[Fe]. The molecule has 2 aromatic rings. The van der Waals surface area contributed by atoms with Gasteiger partial charge >= 0.3 is 0 Å². The van der Waals surface area contributed by atoms with Crippen LogP contribution in [0.3, 0.4) is 0 Å². The van der Waals surface area contributed by atoms with Crippen LogP contribution in [0.2, 0.25) is 0 Å². The molecule has 0 fully saturated rings. The largest absolute Gasteiger partial charge is 0.743 e. The maximum absolute atomic E-state index is 2.35. The van der Waals surface area contributed by atoms with Crippen molar-refractivity contribution in [3.8, 4) is 0 Å². The first-order chi connectivity index (χ1) is 9.68. The third kappa shape index (κ3) is 6.24. The summed E-state index contributed by atoms with van der Waals surface area (Å²) in [6.45, 7) is 11.1. The Balaban J connectivity index is 0.000000370. The molecule has 2 aromatic carbocycles. The van der Waals surface area contributed by atoms with Crippen LogP contribution in [0.15, 0.2) is 30.3 Å². The van der Waals surface area contributed by atoms with Crippen LogP contribution in [0.4, 0.5) is 0 Å². The molecular weight excluding hydrogens is 296 g/mol. The summed E-state index contributed by atoms with van der Waals surface area (Å²) in [5.74, 6) is 0. The van der Waals surface area contributed by atoms with Crippen molar-refractivity contribution in [1.29, 1.82) is 0 Å². The van der Waals surface area contributed by atoms with Gasteiger partial charge in [0.15, 0.2) is 0 Å². The summed E-state index contributed by atoms with van der Waals surface area (Å²) < 4.78 is 0. The maximum atomic E-state index is 2.35. The van der Waals surface area contributed by atoms with Gasteiger partial charge in [-0.25, -0.2) is 25.3 Å². The van der Waals surface area contributed by atoms with Crippen molar-refractivity contribution in [1.82, 2.24) is 0 Å². The van der Waals surface area contributed by atoms with E-state index in [2.05, 4.69) is 65.0 Å². The van der Waals surface area contributed by atoms with E-state index in [1.54, 1.807) is 11.1 Å². The summed E-state index contributed by atoms with van der Waals surface area (Å²) in [5.41, 5.74) is 7.52. The molecule has 0 radical (unpaired) electrons. The molecule has 2 rings (SSSR count). The smallest absolute Gasteiger partial charge is 0 e. The van der Waals surface area contributed by atoms with Crippen LogP contribution in [-0.2, 0) is 49.2 Å². The van der Waals surface area contributed by atoms with Gasteiger partial charge in [0.05, 0.1) is 0 Å². The Morgan fingerprint density at radius 1 is 0.857 bits per heavy atom. The van der Waals surface area contributed by atoms with E-state index in [-0.39, 0.29) is 17.1 Å². The summed E-state index contributed by atoms with van der Waals surface area (Å²) in [6, 6.07) is 11.4. The first-order valence-corrected chi connectivity index (χ1v) is 8.20. The van der Waals surface area contributed by atoms with E-state index < -0.39 is 0 Å². The van der Waals surface area contributed by atoms with Crippen LogP contribution < -0.4 is 0 Å². The van der Waals surface area contributed by atoms with E-state index >= 15 is 0 Å². The standard InChI is InChI=1S/C11H17.C9H13.Fe/c1-4-9-7-10(5-2)11(6-3)8-9;1-3-8-5-6-9(4-2)7-8;/h7-8H,4-6H2,1-3H3;5-7H,3-4H2,1-2H3;/q-5;-1;. The zero-order chi connectivity index (χ0) is 15.0. The summed E-state index contributed by atoms with van der Waals surface area (Å²) in [5, 5.41) is 0. The number of aryl methyl sites for hydroxylation is 5. The molecule has 0 N–H and O–H groups in total. The van der Waals surface area contributed by atoms with Crippen molar-refractivity contribution in [2.75, 3.05) is 0 Å². The van der Waals surface area contributed by atoms with Crippen LogP contribution in [0.1, 0.15) is 62.4 Å². The molecule has 0 bridgehead atoms. The van der Waals surface area contributed by atoms with Gasteiger partial charge in [0.1, 0.15) is 0 Å². The third-order valence-electron chi connectivity index (χ3n) is 4.00. The van der Waals surface area contributed by atoms with Gasteiger partial charge in [-0.2, -0.15) is 23.3 Å².